The highest BCUT2D eigenvalue weighted by molar-refractivity contribution is 5.85. The quantitative estimate of drug-likeness (QED) is 0.754. The lowest BCUT2D eigenvalue weighted by molar-refractivity contribution is 0.642. The van der Waals surface area contributed by atoms with Gasteiger partial charge in [0.15, 0.2) is 0 Å². The summed E-state index contributed by atoms with van der Waals surface area (Å²) in [6, 6.07) is 6.91. The molecule has 2 heteroatoms. The molecule has 0 radical (unpaired) electrons. The van der Waals surface area contributed by atoms with Gasteiger partial charge in [0, 0.05) is 6.54 Å². The molecule has 0 aliphatic carbocycles. The molecule has 1 aromatic carbocycles. The van der Waals surface area contributed by atoms with Crippen molar-refractivity contribution < 1.29 is 0 Å². The summed E-state index contributed by atoms with van der Waals surface area (Å²) in [7, 11) is 0. The third-order valence-corrected chi connectivity index (χ3v) is 2.78. The zero-order valence-corrected chi connectivity index (χ0v) is 9.66. The Bertz CT molecular complexity index is 307. The van der Waals surface area contributed by atoms with Crippen molar-refractivity contribution in [1.29, 1.82) is 0 Å². The van der Waals surface area contributed by atoms with Crippen molar-refractivity contribution in [1.82, 2.24) is 5.32 Å². The van der Waals surface area contributed by atoms with Crippen molar-refractivity contribution in [2.45, 2.75) is 32.7 Å². The van der Waals surface area contributed by atoms with E-state index in [1.807, 2.05) is 0 Å². The maximum absolute atomic E-state index is 3.39. The topological polar surface area (TPSA) is 12.0 Å². The van der Waals surface area contributed by atoms with Gasteiger partial charge in [0.05, 0.1) is 0 Å². The van der Waals surface area contributed by atoms with Gasteiger partial charge in [0.2, 0.25) is 0 Å². The predicted octanol–water partition coefficient (Wildman–Crippen LogP) is 2.88. The van der Waals surface area contributed by atoms with Crippen LogP contribution in [0.4, 0.5) is 0 Å². The first-order chi connectivity index (χ1) is 6.27. The van der Waals surface area contributed by atoms with Crippen LogP contribution >= 0.6 is 12.4 Å². The SMILES string of the molecule is CC(C)c1ccc2c(c1)CCNC2.Cl. The molecule has 0 unspecified atom stereocenters. The average Bonchev–Trinajstić information content (AvgIpc) is 2.17. The van der Waals surface area contributed by atoms with Crippen LogP contribution in [0.3, 0.4) is 0 Å². The van der Waals surface area contributed by atoms with Gasteiger partial charge in [-0.15, -0.1) is 12.4 Å². The molecule has 1 aliphatic heterocycles. The van der Waals surface area contributed by atoms with Crippen LogP contribution in [0.25, 0.3) is 0 Å². The van der Waals surface area contributed by atoms with E-state index in [0.717, 1.165) is 13.1 Å². The van der Waals surface area contributed by atoms with E-state index < -0.39 is 0 Å². The number of benzene rings is 1. The van der Waals surface area contributed by atoms with Gasteiger partial charge in [-0.3, -0.25) is 0 Å². The summed E-state index contributed by atoms with van der Waals surface area (Å²) in [4.78, 5) is 0. The molecule has 0 fully saturated rings. The first-order valence-corrected chi connectivity index (χ1v) is 5.10. The van der Waals surface area contributed by atoms with E-state index in [-0.39, 0.29) is 12.4 Å². The van der Waals surface area contributed by atoms with Gasteiger partial charge in [-0.2, -0.15) is 0 Å². The van der Waals surface area contributed by atoms with Crippen molar-refractivity contribution in [3.63, 3.8) is 0 Å². The molecule has 1 nitrogen and oxygen atoms in total. The molecule has 14 heavy (non-hydrogen) atoms. The van der Waals surface area contributed by atoms with Crippen molar-refractivity contribution in [2.75, 3.05) is 6.54 Å². The van der Waals surface area contributed by atoms with E-state index in [0.29, 0.717) is 5.92 Å². The Morgan fingerprint density at radius 2 is 2.00 bits per heavy atom. The van der Waals surface area contributed by atoms with Gasteiger partial charge in [0.25, 0.3) is 0 Å². The number of hydrogen-bond donors (Lipinski definition) is 1. The minimum absolute atomic E-state index is 0. The van der Waals surface area contributed by atoms with E-state index in [1.54, 1.807) is 5.56 Å². The Balaban J connectivity index is 0.000000980. The molecule has 78 valence electrons. The Hall–Kier alpha value is -0.530. The van der Waals surface area contributed by atoms with E-state index in [1.165, 1.54) is 17.5 Å². The molecular formula is C12H18ClN. The molecule has 0 saturated carbocycles. The summed E-state index contributed by atoms with van der Waals surface area (Å²) in [6.07, 6.45) is 1.19. The summed E-state index contributed by atoms with van der Waals surface area (Å²) < 4.78 is 0. The molecule has 1 heterocycles. The van der Waals surface area contributed by atoms with Gasteiger partial charge in [-0.1, -0.05) is 32.0 Å². The summed E-state index contributed by atoms with van der Waals surface area (Å²) in [5.41, 5.74) is 4.50. The van der Waals surface area contributed by atoms with Crippen LogP contribution in [0.2, 0.25) is 0 Å². The third kappa shape index (κ3) is 2.28. The number of rotatable bonds is 1. The first-order valence-electron chi connectivity index (χ1n) is 5.10. The van der Waals surface area contributed by atoms with Gasteiger partial charge >= 0.3 is 0 Å². The number of hydrogen-bond acceptors (Lipinski definition) is 1. The fraction of sp³-hybridized carbons (Fsp3) is 0.500. The molecular weight excluding hydrogens is 194 g/mol. The molecule has 0 atom stereocenters. The van der Waals surface area contributed by atoms with Crippen LogP contribution in [0.1, 0.15) is 36.5 Å². The monoisotopic (exact) mass is 211 g/mol. The van der Waals surface area contributed by atoms with Gasteiger partial charge in [0.1, 0.15) is 0 Å². The summed E-state index contributed by atoms with van der Waals surface area (Å²) in [5.74, 6) is 0.653. The molecule has 1 N–H and O–H groups in total. The van der Waals surface area contributed by atoms with Crippen LogP contribution in [0.5, 0.6) is 0 Å². The smallest absolute Gasteiger partial charge is 0.0208 e. The van der Waals surface area contributed by atoms with Gasteiger partial charge < -0.3 is 5.32 Å². The highest BCUT2D eigenvalue weighted by Gasteiger charge is 2.09. The van der Waals surface area contributed by atoms with Crippen LogP contribution in [-0.4, -0.2) is 6.54 Å². The number of nitrogens with one attached hydrogen (secondary N) is 1. The minimum Gasteiger partial charge on any atom is -0.312 e. The zero-order valence-electron chi connectivity index (χ0n) is 8.84. The molecule has 0 bridgehead atoms. The maximum atomic E-state index is 3.39. The molecule has 0 amide bonds. The molecule has 1 aromatic rings. The minimum atomic E-state index is 0. The lowest BCUT2D eigenvalue weighted by atomic mass is 9.94. The van der Waals surface area contributed by atoms with Crippen LogP contribution < -0.4 is 5.32 Å². The third-order valence-electron chi connectivity index (χ3n) is 2.78. The largest absolute Gasteiger partial charge is 0.312 e. The normalized spacial score (nSPS) is 14.8. The van der Waals surface area contributed by atoms with Gasteiger partial charge in [-0.05, 0) is 35.6 Å². The van der Waals surface area contributed by atoms with Gasteiger partial charge in [-0.25, -0.2) is 0 Å². The van der Waals surface area contributed by atoms with Crippen molar-refractivity contribution in [2.24, 2.45) is 0 Å². The van der Waals surface area contributed by atoms with Crippen molar-refractivity contribution in [3.05, 3.63) is 34.9 Å². The Kier molecular flexibility index (Phi) is 3.97. The molecule has 0 saturated heterocycles. The second-order valence-electron chi connectivity index (χ2n) is 4.11. The van der Waals surface area contributed by atoms with Crippen LogP contribution in [0.15, 0.2) is 18.2 Å². The Morgan fingerprint density at radius 1 is 1.21 bits per heavy atom. The summed E-state index contributed by atoms with van der Waals surface area (Å²) >= 11 is 0. The van der Waals surface area contributed by atoms with Crippen molar-refractivity contribution >= 4 is 12.4 Å². The highest BCUT2D eigenvalue weighted by Crippen LogP contribution is 2.20. The lowest BCUT2D eigenvalue weighted by Crippen LogP contribution is -2.23. The standard InChI is InChI=1S/C12H17N.ClH/c1-9(2)10-3-4-12-8-13-6-5-11(12)7-10;/h3-4,7,9,13H,5-6,8H2,1-2H3;1H. The van der Waals surface area contributed by atoms with E-state index in [4.69, 9.17) is 0 Å². The van der Waals surface area contributed by atoms with Crippen LogP contribution in [0, 0.1) is 0 Å². The molecule has 0 aromatic heterocycles. The average molecular weight is 212 g/mol. The first kappa shape index (κ1) is 11.5. The fourth-order valence-corrected chi connectivity index (χ4v) is 1.86. The van der Waals surface area contributed by atoms with E-state index in [2.05, 4.69) is 37.4 Å². The summed E-state index contributed by atoms with van der Waals surface area (Å²) in [6.45, 7) is 6.69. The van der Waals surface area contributed by atoms with E-state index >= 15 is 0 Å². The van der Waals surface area contributed by atoms with Crippen molar-refractivity contribution in [3.8, 4) is 0 Å². The summed E-state index contributed by atoms with van der Waals surface area (Å²) in [5, 5.41) is 3.39. The zero-order chi connectivity index (χ0) is 9.26. The second kappa shape index (κ2) is 4.81. The fourth-order valence-electron chi connectivity index (χ4n) is 1.86. The molecule has 2 rings (SSSR count). The number of fused-ring (bicyclic) bond motifs is 1. The Morgan fingerprint density at radius 3 is 2.71 bits per heavy atom. The second-order valence-corrected chi connectivity index (χ2v) is 4.11. The van der Waals surface area contributed by atoms with Crippen LogP contribution in [-0.2, 0) is 13.0 Å². The molecule has 1 aliphatic rings. The van der Waals surface area contributed by atoms with E-state index in [9.17, 15) is 0 Å². The predicted molar refractivity (Wildman–Crippen MR) is 63.2 cm³/mol. The molecule has 0 spiro atoms. The maximum Gasteiger partial charge on any atom is 0.0208 e. The lowest BCUT2D eigenvalue weighted by Gasteiger charge is -2.18. The Labute approximate surface area is 92.3 Å². The highest BCUT2D eigenvalue weighted by atomic mass is 35.5. The number of halogens is 1.